The molecule has 0 radical (unpaired) electrons. The summed E-state index contributed by atoms with van der Waals surface area (Å²) in [7, 11) is 0. The SMILES string of the molecule is CCOC(=O)CN(Cc1c(C(=O)OCC)c(Br)c(Br)n1-c1ccccc1)C(=O)OC(C)(C)C. The topological polar surface area (TPSA) is 87.1 Å². The normalized spacial score (nSPS) is 11.1. The van der Waals surface area contributed by atoms with Gasteiger partial charge in [0.15, 0.2) is 0 Å². The molecule has 0 aliphatic rings. The van der Waals surface area contributed by atoms with E-state index in [0.717, 1.165) is 5.69 Å². The van der Waals surface area contributed by atoms with Crippen molar-refractivity contribution < 1.29 is 28.6 Å². The van der Waals surface area contributed by atoms with Gasteiger partial charge >= 0.3 is 18.0 Å². The van der Waals surface area contributed by atoms with Gasteiger partial charge in [0.2, 0.25) is 0 Å². The molecule has 1 aromatic heterocycles. The number of carbonyl (C=O) groups is 3. The van der Waals surface area contributed by atoms with E-state index in [2.05, 4.69) is 31.9 Å². The Bertz CT molecular complexity index is 999. The van der Waals surface area contributed by atoms with Crippen molar-refractivity contribution >= 4 is 49.9 Å². The number of esters is 2. The molecule has 1 amide bonds. The van der Waals surface area contributed by atoms with Gasteiger partial charge in [-0.15, -0.1) is 0 Å². The third-order valence-electron chi connectivity index (χ3n) is 4.27. The number of benzene rings is 1. The Labute approximate surface area is 210 Å². The van der Waals surface area contributed by atoms with Crippen molar-refractivity contribution in [1.82, 2.24) is 9.47 Å². The van der Waals surface area contributed by atoms with E-state index in [4.69, 9.17) is 14.2 Å². The second kappa shape index (κ2) is 11.7. The van der Waals surface area contributed by atoms with Crippen LogP contribution >= 0.6 is 31.9 Å². The first-order valence-electron chi connectivity index (χ1n) is 10.4. The van der Waals surface area contributed by atoms with Crippen molar-refractivity contribution in [2.24, 2.45) is 0 Å². The van der Waals surface area contributed by atoms with E-state index in [1.54, 1.807) is 39.2 Å². The number of carbonyl (C=O) groups excluding carboxylic acids is 3. The number of halogens is 2. The summed E-state index contributed by atoms with van der Waals surface area (Å²) in [6, 6.07) is 9.30. The van der Waals surface area contributed by atoms with Crippen LogP contribution in [0.5, 0.6) is 0 Å². The molecule has 2 rings (SSSR count). The van der Waals surface area contributed by atoms with Crippen LogP contribution in [0.2, 0.25) is 0 Å². The zero-order chi connectivity index (χ0) is 24.8. The second-order valence-corrected chi connectivity index (χ2v) is 9.50. The first kappa shape index (κ1) is 26.9. The maximum Gasteiger partial charge on any atom is 0.411 e. The zero-order valence-corrected chi connectivity index (χ0v) is 22.5. The van der Waals surface area contributed by atoms with Gasteiger partial charge in [-0.1, -0.05) is 18.2 Å². The highest BCUT2D eigenvalue weighted by Gasteiger charge is 2.32. The molecule has 0 N–H and O–H groups in total. The quantitative estimate of drug-likeness (QED) is 0.300. The minimum absolute atomic E-state index is 0.110. The molecule has 0 aliphatic heterocycles. The molecule has 1 heterocycles. The van der Waals surface area contributed by atoms with Gasteiger partial charge in [0, 0.05) is 5.69 Å². The monoisotopic (exact) mass is 586 g/mol. The predicted octanol–water partition coefficient (Wildman–Crippen LogP) is 5.48. The van der Waals surface area contributed by atoms with E-state index in [0.29, 0.717) is 14.8 Å². The van der Waals surface area contributed by atoms with Gasteiger partial charge in [-0.05, 0) is 78.6 Å². The van der Waals surface area contributed by atoms with Crippen LogP contribution in [0, 0.1) is 0 Å². The van der Waals surface area contributed by atoms with Gasteiger partial charge in [0.25, 0.3) is 0 Å². The summed E-state index contributed by atoms with van der Waals surface area (Å²) < 4.78 is 18.6. The van der Waals surface area contributed by atoms with Crippen molar-refractivity contribution in [2.45, 2.75) is 46.8 Å². The van der Waals surface area contributed by atoms with Crippen molar-refractivity contribution in [3.05, 3.63) is 50.7 Å². The second-order valence-electron chi connectivity index (χ2n) is 7.96. The maximum absolute atomic E-state index is 13.0. The van der Waals surface area contributed by atoms with Gasteiger partial charge in [-0.3, -0.25) is 9.69 Å². The number of nitrogens with zero attached hydrogens (tertiary/aromatic N) is 2. The molecule has 0 saturated carbocycles. The third-order valence-corrected chi connectivity index (χ3v) is 6.32. The average Bonchev–Trinajstić information content (AvgIpc) is 2.97. The molecule has 2 aromatic rings. The van der Waals surface area contributed by atoms with E-state index in [1.807, 2.05) is 30.3 Å². The number of hydrogen-bond donors (Lipinski definition) is 0. The number of hydrogen-bond acceptors (Lipinski definition) is 6. The molecular weight excluding hydrogens is 560 g/mol. The Morgan fingerprint density at radius 3 is 2.15 bits per heavy atom. The summed E-state index contributed by atoms with van der Waals surface area (Å²) in [5, 5.41) is 0. The van der Waals surface area contributed by atoms with Crippen molar-refractivity contribution in [3.8, 4) is 5.69 Å². The lowest BCUT2D eigenvalue weighted by molar-refractivity contribution is -0.144. The van der Waals surface area contributed by atoms with E-state index < -0.39 is 23.6 Å². The van der Waals surface area contributed by atoms with Gasteiger partial charge in [-0.2, -0.15) is 0 Å². The van der Waals surface area contributed by atoms with Crippen molar-refractivity contribution in [1.29, 1.82) is 0 Å². The fourth-order valence-corrected chi connectivity index (χ4v) is 4.20. The van der Waals surface area contributed by atoms with E-state index in [1.165, 1.54) is 4.90 Å². The van der Waals surface area contributed by atoms with Gasteiger partial charge in [0.05, 0.1) is 35.5 Å². The molecule has 0 aliphatic carbocycles. The molecule has 0 bridgehead atoms. The van der Waals surface area contributed by atoms with Gasteiger partial charge < -0.3 is 18.8 Å². The smallest absolute Gasteiger partial charge is 0.411 e. The van der Waals surface area contributed by atoms with Crippen LogP contribution in [0.3, 0.4) is 0 Å². The molecular formula is C23H28Br2N2O6. The minimum atomic E-state index is -0.781. The standard InChI is InChI=1S/C23H28Br2N2O6/c1-6-31-17(28)14-26(22(30)33-23(3,4)5)13-16-18(21(29)32-7-2)19(24)20(25)27(16)15-11-9-8-10-12-15/h8-12H,6-7,13-14H2,1-5H3. The third kappa shape index (κ3) is 7.07. The molecule has 8 nitrogen and oxygen atoms in total. The molecule has 0 unspecified atom stereocenters. The average molecular weight is 588 g/mol. The minimum Gasteiger partial charge on any atom is -0.465 e. The van der Waals surface area contributed by atoms with Crippen LogP contribution < -0.4 is 0 Å². The molecule has 1 aromatic carbocycles. The highest BCUT2D eigenvalue weighted by Crippen LogP contribution is 2.36. The van der Waals surface area contributed by atoms with Crippen LogP contribution in [-0.4, -0.2) is 52.9 Å². The maximum atomic E-state index is 13.0. The van der Waals surface area contributed by atoms with Crippen molar-refractivity contribution in [2.75, 3.05) is 19.8 Å². The highest BCUT2D eigenvalue weighted by atomic mass is 79.9. The molecule has 0 saturated heterocycles. The van der Waals surface area contributed by atoms with Crippen LogP contribution in [0.4, 0.5) is 4.79 Å². The first-order chi connectivity index (χ1) is 15.5. The molecule has 0 spiro atoms. The van der Waals surface area contributed by atoms with E-state index >= 15 is 0 Å². The lowest BCUT2D eigenvalue weighted by Crippen LogP contribution is -2.40. The van der Waals surface area contributed by atoms with Crippen LogP contribution in [0.25, 0.3) is 5.69 Å². The molecule has 33 heavy (non-hydrogen) atoms. The Morgan fingerprint density at radius 2 is 1.61 bits per heavy atom. The van der Waals surface area contributed by atoms with Gasteiger partial charge in [-0.25, -0.2) is 9.59 Å². The largest absolute Gasteiger partial charge is 0.465 e. The van der Waals surface area contributed by atoms with Crippen LogP contribution in [0.15, 0.2) is 39.4 Å². The highest BCUT2D eigenvalue weighted by molar-refractivity contribution is 9.13. The summed E-state index contributed by atoms with van der Waals surface area (Å²) in [4.78, 5) is 39.4. The summed E-state index contributed by atoms with van der Waals surface area (Å²) in [6.07, 6.45) is -0.710. The Kier molecular flexibility index (Phi) is 9.54. The van der Waals surface area contributed by atoms with Crippen LogP contribution in [-0.2, 0) is 25.5 Å². The predicted molar refractivity (Wildman–Crippen MR) is 130 cm³/mol. The lowest BCUT2D eigenvalue weighted by atomic mass is 10.2. The number of amides is 1. The van der Waals surface area contributed by atoms with Gasteiger partial charge in [0.1, 0.15) is 16.7 Å². The fraction of sp³-hybridized carbons (Fsp3) is 0.435. The molecule has 180 valence electrons. The zero-order valence-electron chi connectivity index (χ0n) is 19.3. The first-order valence-corrected chi connectivity index (χ1v) is 12.0. The molecule has 0 atom stereocenters. The Morgan fingerprint density at radius 1 is 1.00 bits per heavy atom. The fourth-order valence-electron chi connectivity index (χ4n) is 3.02. The molecule has 10 heteroatoms. The van der Waals surface area contributed by atoms with E-state index in [9.17, 15) is 14.4 Å². The van der Waals surface area contributed by atoms with Crippen molar-refractivity contribution in [3.63, 3.8) is 0 Å². The summed E-state index contributed by atoms with van der Waals surface area (Å²) in [5.41, 5.74) is 0.644. The number of ether oxygens (including phenoxy) is 3. The Balaban J connectivity index is 2.63. The lowest BCUT2D eigenvalue weighted by Gasteiger charge is -2.27. The number of aromatic nitrogens is 1. The number of rotatable bonds is 8. The molecule has 0 fully saturated rings. The van der Waals surface area contributed by atoms with E-state index in [-0.39, 0.29) is 31.9 Å². The summed E-state index contributed by atoms with van der Waals surface area (Å²) in [5.74, 6) is -1.15. The Hall–Kier alpha value is -2.33. The van der Waals surface area contributed by atoms with Crippen LogP contribution in [0.1, 0.15) is 50.7 Å². The summed E-state index contributed by atoms with van der Waals surface area (Å²) >= 11 is 7.02. The number of para-hydroxylation sites is 1. The summed E-state index contributed by atoms with van der Waals surface area (Å²) in [6.45, 7) is 8.49.